The lowest BCUT2D eigenvalue weighted by molar-refractivity contribution is 0.0492. The van der Waals surface area contributed by atoms with Gasteiger partial charge in [0.1, 0.15) is 5.69 Å². The standard InChI is InChI=1S/C17H16N2O4/c1-21-10-23-16-6-4-12(8-17(16)22-2)11-3-5-13-14(7-11)18-19-15(13)9-20/h3-9H,10H2,1-2H3,(H,18,19). The van der Waals surface area contributed by atoms with Gasteiger partial charge in [-0.05, 0) is 35.4 Å². The lowest BCUT2D eigenvalue weighted by Crippen LogP contribution is -2.00. The summed E-state index contributed by atoms with van der Waals surface area (Å²) >= 11 is 0. The van der Waals surface area contributed by atoms with Crippen LogP contribution in [0.15, 0.2) is 36.4 Å². The fourth-order valence-corrected chi connectivity index (χ4v) is 2.40. The number of ether oxygens (including phenoxy) is 3. The summed E-state index contributed by atoms with van der Waals surface area (Å²) in [4.78, 5) is 10.9. The van der Waals surface area contributed by atoms with Crippen molar-refractivity contribution in [1.82, 2.24) is 10.2 Å². The van der Waals surface area contributed by atoms with Gasteiger partial charge in [0.05, 0.1) is 12.6 Å². The zero-order valence-electron chi connectivity index (χ0n) is 12.8. The summed E-state index contributed by atoms with van der Waals surface area (Å²) < 4.78 is 15.7. The van der Waals surface area contributed by atoms with Crippen LogP contribution in [0.25, 0.3) is 22.0 Å². The number of fused-ring (bicyclic) bond motifs is 1. The van der Waals surface area contributed by atoms with E-state index in [0.717, 1.165) is 28.3 Å². The zero-order valence-corrected chi connectivity index (χ0v) is 12.8. The smallest absolute Gasteiger partial charge is 0.188 e. The summed E-state index contributed by atoms with van der Waals surface area (Å²) in [6.07, 6.45) is 0.740. The maximum atomic E-state index is 10.9. The van der Waals surface area contributed by atoms with Gasteiger partial charge in [-0.2, -0.15) is 5.10 Å². The number of carbonyl (C=O) groups excluding carboxylic acids is 1. The molecule has 0 radical (unpaired) electrons. The highest BCUT2D eigenvalue weighted by atomic mass is 16.7. The molecular formula is C17H16N2O4. The lowest BCUT2D eigenvalue weighted by atomic mass is 10.0. The second kappa shape index (κ2) is 6.50. The second-order valence-corrected chi connectivity index (χ2v) is 4.90. The van der Waals surface area contributed by atoms with Gasteiger partial charge in [-0.25, -0.2) is 0 Å². The first-order valence-corrected chi connectivity index (χ1v) is 7.00. The number of carbonyl (C=O) groups is 1. The largest absolute Gasteiger partial charge is 0.493 e. The zero-order chi connectivity index (χ0) is 16.2. The molecule has 6 heteroatoms. The van der Waals surface area contributed by atoms with Crippen molar-refractivity contribution in [2.75, 3.05) is 21.0 Å². The number of aromatic amines is 1. The number of hydrogen-bond donors (Lipinski definition) is 1. The molecule has 0 aliphatic rings. The minimum absolute atomic E-state index is 0.157. The second-order valence-electron chi connectivity index (χ2n) is 4.90. The molecule has 1 aromatic heterocycles. The summed E-state index contributed by atoms with van der Waals surface area (Å²) in [6, 6.07) is 11.4. The van der Waals surface area contributed by atoms with Gasteiger partial charge < -0.3 is 14.2 Å². The molecule has 0 saturated heterocycles. The molecule has 0 aliphatic heterocycles. The number of nitrogens with one attached hydrogen (secondary N) is 1. The monoisotopic (exact) mass is 312 g/mol. The van der Waals surface area contributed by atoms with Crippen LogP contribution in [-0.4, -0.2) is 37.5 Å². The van der Waals surface area contributed by atoms with Gasteiger partial charge in [0.15, 0.2) is 24.6 Å². The molecule has 3 rings (SSSR count). The van der Waals surface area contributed by atoms with Gasteiger partial charge in [0.25, 0.3) is 0 Å². The third kappa shape index (κ3) is 2.89. The van der Waals surface area contributed by atoms with Crippen molar-refractivity contribution >= 4 is 17.2 Å². The molecule has 0 bridgehead atoms. The van der Waals surface area contributed by atoms with E-state index in [1.165, 1.54) is 0 Å². The Morgan fingerprint density at radius 1 is 1.09 bits per heavy atom. The molecule has 23 heavy (non-hydrogen) atoms. The minimum Gasteiger partial charge on any atom is -0.493 e. The Morgan fingerprint density at radius 3 is 2.61 bits per heavy atom. The minimum atomic E-state index is 0.157. The Bertz CT molecular complexity index is 842. The highest BCUT2D eigenvalue weighted by Gasteiger charge is 2.10. The van der Waals surface area contributed by atoms with E-state index >= 15 is 0 Å². The first-order chi connectivity index (χ1) is 11.3. The first-order valence-electron chi connectivity index (χ1n) is 7.00. The third-order valence-electron chi connectivity index (χ3n) is 3.53. The maximum Gasteiger partial charge on any atom is 0.188 e. The molecule has 0 amide bonds. The van der Waals surface area contributed by atoms with E-state index in [0.29, 0.717) is 17.2 Å². The van der Waals surface area contributed by atoms with Gasteiger partial charge in [0.2, 0.25) is 0 Å². The van der Waals surface area contributed by atoms with E-state index in [2.05, 4.69) is 10.2 Å². The van der Waals surface area contributed by atoms with Crippen LogP contribution in [0.3, 0.4) is 0 Å². The summed E-state index contributed by atoms with van der Waals surface area (Å²) in [5.74, 6) is 1.24. The number of benzene rings is 2. The average molecular weight is 312 g/mol. The molecule has 1 heterocycles. The van der Waals surface area contributed by atoms with E-state index in [4.69, 9.17) is 14.2 Å². The van der Waals surface area contributed by atoms with Crippen LogP contribution < -0.4 is 9.47 Å². The third-order valence-corrected chi connectivity index (χ3v) is 3.53. The number of H-pyrrole nitrogens is 1. The van der Waals surface area contributed by atoms with E-state index < -0.39 is 0 Å². The molecule has 3 aromatic rings. The highest BCUT2D eigenvalue weighted by Crippen LogP contribution is 2.33. The number of aromatic nitrogens is 2. The molecule has 0 unspecified atom stereocenters. The van der Waals surface area contributed by atoms with Crippen LogP contribution in [-0.2, 0) is 4.74 Å². The Balaban J connectivity index is 1.99. The summed E-state index contributed by atoms with van der Waals surface area (Å²) in [7, 11) is 3.15. The van der Waals surface area contributed by atoms with Crippen LogP contribution in [0.4, 0.5) is 0 Å². The van der Waals surface area contributed by atoms with Crippen molar-refractivity contribution in [2.24, 2.45) is 0 Å². The molecule has 0 fully saturated rings. The Hall–Kier alpha value is -2.86. The number of hydrogen-bond acceptors (Lipinski definition) is 5. The highest BCUT2D eigenvalue weighted by molar-refractivity contribution is 5.96. The van der Waals surface area contributed by atoms with Gasteiger partial charge in [-0.15, -0.1) is 0 Å². The van der Waals surface area contributed by atoms with E-state index in [1.807, 2.05) is 36.4 Å². The van der Waals surface area contributed by atoms with Gasteiger partial charge >= 0.3 is 0 Å². The molecule has 118 valence electrons. The van der Waals surface area contributed by atoms with Crippen LogP contribution in [0.2, 0.25) is 0 Å². The SMILES string of the molecule is COCOc1ccc(-c2ccc3c(C=O)n[nH]c3c2)cc1OC. The van der Waals surface area contributed by atoms with Crippen LogP contribution in [0.1, 0.15) is 10.5 Å². The van der Waals surface area contributed by atoms with Crippen molar-refractivity contribution in [3.63, 3.8) is 0 Å². The Morgan fingerprint density at radius 2 is 1.87 bits per heavy atom. The molecule has 0 atom stereocenters. The molecule has 2 aromatic carbocycles. The van der Waals surface area contributed by atoms with Crippen LogP contribution >= 0.6 is 0 Å². The fraction of sp³-hybridized carbons (Fsp3) is 0.176. The van der Waals surface area contributed by atoms with Crippen molar-refractivity contribution < 1.29 is 19.0 Å². The van der Waals surface area contributed by atoms with Gasteiger partial charge in [-0.3, -0.25) is 9.89 Å². The van der Waals surface area contributed by atoms with Crippen LogP contribution in [0.5, 0.6) is 11.5 Å². The first kappa shape index (κ1) is 15.1. The van der Waals surface area contributed by atoms with Crippen LogP contribution in [0, 0.1) is 0 Å². The van der Waals surface area contributed by atoms with Crippen molar-refractivity contribution in [3.05, 3.63) is 42.1 Å². The van der Waals surface area contributed by atoms with Gasteiger partial charge in [-0.1, -0.05) is 12.1 Å². The number of rotatable bonds is 6. The van der Waals surface area contributed by atoms with Crippen molar-refractivity contribution in [2.45, 2.75) is 0 Å². The number of nitrogens with zero attached hydrogens (tertiary/aromatic N) is 1. The molecular weight excluding hydrogens is 296 g/mol. The maximum absolute atomic E-state index is 10.9. The summed E-state index contributed by atoms with van der Waals surface area (Å²) in [5.41, 5.74) is 3.17. The molecule has 0 spiro atoms. The number of aldehydes is 1. The molecule has 6 nitrogen and oxygen atoms in total. The van der Waals surface area contributed by atoms with Gasteiger partial charge in [0, 0.05) is 12.5 Å². The van der Waals surface area contributed by atoms with Crippen molar-refractivity contribution in [3.8, 4) is 22.6 Å². The normalized spacial score (nSPS) is 10.7. The molecule has 0 aliphatic carbocycles. The number of methoxy groups -OCH3 is 2. The molecule has 0 saturated carbocycles. The fourth-order valence-electron chi connectivity index (χ4n) is 2.40. The molecule has 1 N–H and O–H groups in total. The Kier molecular flexibility index (Phi) is 4.25. The topological polar surface area (TPSA) is 73.4 Å². The summed E-state index contributed by atoms with van der Waals surface area (Å²) in [5, 5.41) is 7.64. The predicted molar refractivity (Wildman–Crippen MR) is 86.0 cm³/mol. The summed E-state index contributed by atoms with van der Waals surface area (Å²) in [6.45, 7) is 0.157. The Labute approximate surface area is 133 Å². The average Bonchev–Trinajstić information content (AvgIpc) is 3.02. The van der Waals surface area contributed by atoms with Crippen molar-refractivity contribution in [1.29, 1.82) is 0 Å². The van der Waals surface area contributed by atoms with E-state index in [1.54, 1.807) is 14.2 Å². The van der Waals surface area contributed by atoms with E-state index in [9.17, 15) is 4.79 Å². The quantitative estimate of drug-likeness (QED) is 0.559. The van der Waals surface area contributed by atoms with E-state index in [-0.39, 0.29) is 6.79 Å². The lowest BCUT2D eigenvalue weighted by Gasteiger charge is -2.11. The predicted octanol–water partition coefficient (Wildman–Crippen LogP) is 3.03.